The standard InChI is InChI=1S/C37H46N4O7/c1-22(2)19-28(33(43)40-29(32(42)38-6)20-23-13-9-8-10-14-23)39-27(36(46)48-37(3,4)5)17-18-41-34(44)26-21-24-15-11-12-16-25(24)31(47-7)30(26)35(41)45/h8-16,21-22,27-29,39H,17-20H2,1-7H3,(H,38,42)(H,40,43)/t27?,28-,29-/m0/s1. The molecule has 0 radical (unpaired) electrons. The van der Waals surface area contributed by atoms with Gasteiger partial charge in [-0.05, 0) is 56.5 Å². The first-order valence-corrected chi connectivity index (χ1v) is 16.2. The van der Waals surface area contributed by atoms with Crippen LogP contribution in [0.25, 0.3) is 10.8 Å². The smallest absolute Gasteiger partial charge is 0.323 e. The van der Waals surface area contributed by atoms with Crippen molar-refractivity contribution in [3.05, 3.63) is 77.4 Å². The van der Waals surface area contributed by atoms with Gasteiger partial charge in [-0.1, -0.05) is 68.4 Å². The fourth-order valence-electron chi connectivity index (χ4n) is 5.85. The summed E-state index contributed by atoms with van der Waals surface area (Å²) in [6.45, 7) is 8.98. The lowest BCUT2D eigenvalue weighted by Crippen LogP contribution is -2.57. The Balaban J connectivity index is 1.58. The van der Waals surface area contributed by atoms with Crippen LogP contribution in [0.1, 0.15) is 73.7 Å². The van der Waals surface area contributed by atoms with Gasteiger partial charge in [0.1, 0.15) is 23.4 Å². The van der Waals surface area contributed by atoms with E-state index in [0.29, 0.717) is 17.6 Å². The SMILES string of the molecule is CNC(=O)[C@H](Cc1ccccc1)NC(=O)[C@H](CC(C)C)NC(CCN1C(=O)c2cc3ccccc3c(OC)c2C1=O)C(=O)OC(C)(C)C. The Labute approximate surface area is 281 Å². The van der Waals surface area contributed by atoms with Gasteiger partial charge in [0.2, 0.25) is 11.8 Å². The van der Waals surface area contributed by atoms with Crippen LogP contribution in [-0.4, -0.2) is 78.9 Å². The Hall–Kier alpha value is -4.77. The van der Waals surface area contributed by atoms with Crippen LogP contribution in [0.5, 0.6) is 5.75 Å². The van der Waals surface area contributed by atoms with Crippen molar-refractivity contribution in [3.63, 3.8) is 0 Å². The molecule has 0 aliphatic carbocycles. The van der Waals surface area contributed by atoms with E-state index in [1.807, 2.05) is 68.4 Å². The summed E-state index contributed by atoms with van der Waals surface area (Å²) in [5, 5.41) is 10.1. The molecule has 1 heterocycles. The summed E-state index contributed by atoms with van der Waals surface area (Å²) in [6, 6.07) is 15.6. The van der Waals surface area contributed by atoms with Gasteiger partial charge in [-0.15, -0.1) is 0 Å². The van der Waals surface area contributed by atoms with E-state index >= 15 is 0 Å². The first-order chi connectivity index (χ1) is 22.7. The maximum absolute atomic E-state index is 13.8. The number of hydrogen-bond donors (Lipinski definition) is 3. The molecule has 3 atom stereocenters. The van der Waals surface area contributed by atoms with Crippen LogP contribution in [0.2, 0.25) is 0 Å². The van der Waals surface area contributed by atoms with Gasteiger partial charge in [0, 0.05) is 25.4 Å². The first kappa shape index (κ1) is 36.1. The molecule has 4 amide bonds. The number of nitrogens with one attached hydrogen (secondary N) is 3. The van der Waals surface area contributed by atoms with Crippen LogP contribution in [0.4, 0.5) is 0 Å². The van der Waals surface area contributed by atoms with Gasteiger partial charge in [-0.2, -0.15) is 0 Å². The Kier molecular flexibility index (Phi) is 11.6. The van der Waals surface area contributed by atoms with Gasteiger partial charge in [-0.25, -0.2) is 0 Å². The second-order valence-corrected chi connectivity index (χ2v) is 13.4. The molecule has 0 spiro atoms. The minimum absolute atomic E-state index is 0.0209. The van der Waals surface area contributed by atoms with E-state index in [-0.39, 0.29) is 42.3 Å². The third kappa shape index (κ3) is 8.57. The van der Waals surface area contributed by atoms with Crippen LogP contribution in [0.3, 0.4) is 0 Å². The predicted molar refractivity (Wildman–Crippen MR) is 183 cm³/mol. The zero-order chi connectivity index (χ0) is 35.2. The second kappa shape index (κ2) is 15.4. The topological polar surface area (TPSA) is 143 Å². The molecule has 1 aliphatic heterocycles. The molecule has 3 aromatic rings. The summed E-state index contributed by atoms with van der Waals surface area (Å²) < 4.78 is 11.3. The van der Waals surface area contributed by atoms with Gasteiger partial charge in [0.05, 0.1) is 24.3 Å². The largest absolute Gasteiger partial charge is 0.495 e. The molecule has 256 valence electrons. The number of benzene rings is 3. The number of hydrogen-bond acceptors (Lipinski definition) is 8. The number of fused-ring (bicyclic) bond motifs is 2. The molecule has 0 bridgehead atoms. The van der Waals surface area contributed by atoms with Crippen LogP contribution < -0.4 is 20.7 Å². The number of likely N-dealkylation sites (N-methyl/N-ethyl adjacent to an activating group) is 1. The number of carbonyl (C=O) groups is 5. The quantitative estimate of drug-likeness (QED) is 0.174. The lowest BCUT2D eigenvalue weighted by molar-refractivity contribution is -0.158. The summed E-state index contributed by atoms with van der Waals surface area (Å²) in [5.74, 6) is -2.10. The number of methoxy groups -OCH3 is 1. The molecule has 11 heteroatoms. The molecule has 0 aromatic heterocycles. The number of amides is 4. The number of ether oxygens (including phenoxy) is 2. The van der Waals surface area contributed by atoms with Gasteiger partial charge >= 0.3 is 5.97 Å². The Morgan fingerprint density at radius 2 is 1.54 bits per heavy atom. The minimum Gasteiger partial charge on any atom is -0.495 e. The maximum Gasteiger partial charge on any atom is 0.323 e. The highest BCUT2D eigenvalue weighted by Crippen LogP contribution is 2.38. The number of rotatable bonds is 14. The zero-order valence-corrected chi connectivity index (χ0v) is 28.7. The Morgan fingerprint density at radius 3 is 2.17 bits per heavy atom. The van der Waals surface area contributed by atoms with Crippen LogP contribution in [0, 0.1) is 5.92 Å². The van der Waals surface area contributed by atoms with Crippen molar-refractivity contribution in [1.82, 2.24) is 20.9 Å². The van der Waals surface area contributed by atoms with E-state index in [9.17, 15) is 24.0 Å². The van der Waals surface area contributed by atoms with Crippen LogP contribution in [0.15, 0.2) is 60.7 Å². The minimum atomic E-state index is -1.06. The third-order valence-corrected chi connectivity index (χ3v) is 8.06. The molecule has 11 nitrogen and oxygen atoms in total. The normalized spacial score (nSPS) is 14.8. The highest BCUT2D eigenvalue weighted by molar-refractivity contribution is 6.25. The Morgan fingerprint density at radius 1 is 0.875 bits per heavy atom. The lowest BCUT2D eigenvalue weighted by Gasteiger charge is -2.30. The molecule has 0 saturated carbocycles. The third-order valence-electron chi connectivity index (χ3n) is 8.06. The van der Waals surface area contributed by atoms with Gasteiger partial charge in [0.25, 0.3) is 11.8 Å². The summed E-state index contributed by atoms with van der Waals surface area (Å²) in [7, 11) is 2.96. The van der Waals surface area contributed by atoms with E-state index in [1.54, 1.807) is 26.8 Å². The fraction of sp³-hybridized carbons (Fsp3) is 0.432. The zero-order valence-electron chi connectivity index (χ0n) is 28.7. The summed E-state index contributed by atoms with van der Waals surface area (Å²) >= 11 is 0. The van der Waals surface area contributed by atoms with E-state index in [0.717, 1.165) is 15.8 Å². The molecule has 3 aromatic carbocycles. The fourth-order valence-corrected chi connectivity index (χ4v) is 5.85. The summed E-state index contributed by atoms with van der Waals surface area (Å²) in [6.07, 6.45) is 0.592. The van der Waals surface area contributed by atoms with E-state index < -0.39 is 47.4 Å². The molecule has 4 rings (SSSR count). The van der Waals surface area contributed by atoms with Crippen LogP contribution in [-0.2, 0) is 25.5 Å². The second-order valence-electron chi connectivity index (χ2n) is 13.4. The van der Waals surface area contributed by atoms with Crippen molar-refractivity contribution < 1.29 is 33.4 Å². The van der Waals surface area contributed by atoms with Gasteiger partial charge in [0.15, 0.2) is 0 Å². The van der Waals surface area contributed by atoms with E-state index in [4.69, 9.17) is 9.47 Å². The number of carbonyl (C=O) groups excluding carboxylic acids is 5. The van der Waals surface area contributed by atoms with Crippen molar-refractivity contribution >= 4 is 40.4 Å². The molecular formula is C37H46N4O7. The first-order valence-electron chi connectivity index (χ1n) is 16.2. The highest BCUT2D eigenvalue weighted by Gasteiger charge is 2.40. The van der Waals surface area contributed by atoms with E-state index in [1.165, 1.54) is 14.2 Å². The number of esters is 1. The van der Waals surface area contributed by atoms with Crippen molar-refractivity contribution in [3.8, 4) is 5.75 Å². The van der Waals surface area contributed by atoms with Gasteiger partial charge < -0.3 is 20.1 Å². The predicted octanol–water partition coefficient (Wildman–Crippen LogP) is 4.02. The van der Waals surface area contributed by atoms with Gasteiger partial charge in [-0.3, -0.25) is 34.2 Å². The molecule has 1 unspecified atom stereocenters. The lowest BCUT2D eigenvalue weighted by atomic mass is 9.99. The van der Waals surface area contributed by atoms with Crippen molar-refractivity contribution in [2.24, 2.45) is 5.92 Å². The molecule has 0 saturated heterocycles. The van der Waals surface area contributed by atoms with Crippen molar-refractivity contribution in [2.45, 2.75) is 77.6 Å². The Bertz CT molecular complexity index is 1670. The van der Waals surface area contributed by atoms with Crippen molar-refractivity contribution in [2.75, 3.05) is 20.7 Å². The van der Waals surface area contributed by atoms with Crippen LogP contribution >= 0.6 is 0 Å². The van der Waals surface area contributed by atoms with E-state index in [2.05, 4.69) is 16.0 Å². The maximum atomic E-state index is 13.8. The molecule has 48 heavy (non-hydrogen) atoms. The average Bonchev–Trinajstić information content (AvgIpc) is 3.27. The molecule has 1 aliphatic rings. The molecule has 3 N–H and O–H groups in total. The summed E-state index contributed by atoms with van der Waals surface area (Å²) in [4.78, 5) is 68.5. The monoisotopic (exact) mass is 658 g/mol. The summed E-state index contributed by atoms with van der Waals surface area (Å²) in [5.41, 5.74) is 0.444. The average molecular weight is 659 g/mol. The number of nitrogens with zero attached hydrogens (tertiary/aromatic N) is 1. The molecular weight excluding hydrogens is 612 g/mol. The highest BCUT2D eigenvalue weighted by atomic mass is 16.6. The number of imide groups is 1. The molecule has 0 fully saturated rings. The van der Waals surface area contributed by atoms with Crippen molar-refractivity contribution in [1.29, 1.82) is 0 Å².